The summed E-state index contributed by atoms with van der Waals surface area (Å²) in [7, 11) is -5.63. The van der Waals surface area contributed by atoms with E-state index in [1.54, 1.807) is 6.07 Å². The first kappa shape index (κ1) is 30.4. The fourth-order valence-electron chi connectivity index (χ4n) is 3.18. The highest BCUT2D eigenvalue weighted by Crippen LogP contribution is 2.59. The monoisotopic (exact) mass is 579 g/mol. The Kier molecular flexibility index (Phi) is 12.2. The second kappa shape index (κ2) is 16.1. The molecule has 0 saturated heterocycles. The maximum Gasteiger partial charge on any atom is 0.580 e. The molecule has 206 valence electrons. The third-order valence-corrected chi connectivity index (χ3v) is 7.09. The molecule has 5 aromatic rings. The number of aromatic hydroxyl groups is 2. The van der Waals surface area contributed by atoms with E-state index in [0.29, 0.717) is 17.2 Å². The topological polar surface area (TPSA) is 129 Å². The molecule has 0 atom stereocenters. The van der Waals surface area contributed by atoms with E-state index in [0.717, 1.165) is 5.30 Å². The highest BCUT2D eigenvalue weighted by Gasteiger charge is 2.53. The third-order valence-electron chi connectivity index (χ3n) is 4.81. The van der Waals surface area contributed by atoms with Crippen molar-refractivity contribution in [2.45, 2.75) is 0 Å². The summed E-state index contributed by atoms with van der Waals surface area (Å²) in [6, 6.07) is 44.5. The standard InChI is InChI=1S/C24H20O3P.C6H6O2.H3O3P/c1-5-13-21(14-6-1)25-28(24-19-11-4-12-20-24,26-22-15-7-2-8-16-22)27-23-17-9-3-10-18-23;7-5-2-1-3-6(8)4-5;1-4(2)3/h1-20H;1-4,7-8H;1-3H/q+1;;. The van der Waals surface area contributed by atoms with E-state index in [4.69, 9.17) is 38.5 Å². The summed E-state index contributed by atoms with van der Waals surface area (Å²) in [5.74, 6) is 2.24. The lowest BCUT2D eigenvalue weighted by atomic mass is 10.3. The zero-order chi connectivity index (χ0) is 28.6. The summed E-state index contributed by atoms with van der Waals surface area (Å²) in [4.78, 5) is 21.7. The fourth-order valence-corrected chi connectivity index (χ4v) is 5.34. The van der Waals surface area contributed by atoms with E-state index in [9.17, 15) is 0 Å². The lowest BCUT2D eigenvalue weighted by Gasteiger charge is -2.22. The van der Waals surface area contributed by atoms with Crippen LogP contribution in [0.3, 0.4) is 0 Å². The van der Waals surface area contributed by atoms with Crippen LogP contribution >= 0.6 is 16.5 Å². The molecule has 0 aromatic heterocycles. The molecule has 0 aliphatic carbocycles. The van der Waals surface area contributed by atoms with Gasteiger partial charge in [0.05, 0.1) is 0 Å². The van der Waals surface area contributed by atoms with Crippen LogP contribution in [-0.4, -0.2) is 24.9 Å². The molecule has 0 radical (unpaired) electrons. The summed E-state index contributed by atoms with van der Waals surface area (Å²) in [5, 5.41) is 18.2. The molecule has 5 rings (SSSR count). The first-order chi connectivity index (χ1) is 19.4. The van der Waals surface area contributed by atoms with Crippen LogP contribution in [0.1, 0.15) is 0 Å². The fraction of sp³-hybridized carbons (Fsp3) is 0. The van der Waals surface area contributed by atoms with Crippen molar-refractivity contribution in [2.75, 3.05) is 0 Å². The number of benzene rings is 5. The molecule has 8 nitrogen and oxygen atoms in total. The third kappa shape index (κ3) is 10.5. The summed E-state index contributed by atoms with van der Waals surface area (Å²) >= 11 is 0. The van der Waals surface area contributed by atoms with Gasteiger partial charge in [0.15, 0.2) is 17.2 Å². The number of para-hydroxylation sites is 3. The normalized spacial score (nSPS) is 10.3. The van der Waals surface area contributed by atoms with Gasteiger partial charge in [0.2, 0.25) is 5.30 Å². The van der Waals surface area contributed by atoms with Crippen LogP contribution in [-0.2, 0) is 0 Å². The minimum absolute atomic E-state index is 0.0880. The van der Waals surface area contributed by atoms with Crippen molar-refractivity contribution in [3.8, 4) is 28.7 Å². The predicted molar refractivity (Wildman–Crippen MR) is 158 cm³/mol. The van der Waals surface area contributed by atoms with Crippen LogP contribution in [0.4, 0.5) is 0 Å². The Hall–Kier alpha value is -4.16. The van der Waals surface area contributed by atoms with Gasteiger partial charge < -0.3 is 24.9 Å². The molecule has 0 bridgehead atoms. The molecule has 40 heavy (non-hydrogen) atoms. The van der Waals surface area contributed by atoms with Crippen LogP contribution in [0, 0.1) is 0 Å². The van der Waals surface area contributed by atoms with Gasteiger partial charge in [-0.1, -0.05) is 78.9 Å². The molecular weight excluding hydrogens is 550 g/mol. The Morgan fingerprint density at radius 2 is 0.725 bits per heavy atom. The minimum atomic E-state index is -3.01. The second-order valence-corrected chi connectivity index (χ2v) is 10.4. The van der Waals surface area contributed by atoms with Crippen molar-refractivity contribution in [2.24, 2.45) is 0 Å². The average molecular weight is 580 g/mol. The quantitative estimate of drug-likeness (QED) is 0.137. The molecular formula is C30H29O8P2+. The van der Waals surface area contributed by atoms with Gasteiger partial charge in [-0.15, -0.1) is 0 Å². The molecule has 0 fully saturated rings. The Morgan fingerprint density at radius 1 is 0.425 bits per heavy atom. The van der Waals surface area contributed by atoms with Crippen LogP contribution in [0.2, 0.25) is 0 Å². The predicted octanol–water partition coefficient (Wildman–Crippen LogP) is 6.60. The number of hydrogen-bond donors (Lipinski definition) is 5. The molecule has 0 aliphatic heterocycles. The molecule has 5 N–H and O–H groups in total. The van der Waals surface area contributed by atoms with E-state index in [2.05, 4.69) is 0 Å². The van der Waals surface area contributed by atoms with E-state index in [-0.39, 0.29) is 11.5 Å². The number of rotatable bonds is 7. The van der Waals surface area contributed by atoms with Gasteiger partial charge in [-0.25, -0.2) is 0 Å². The smallest absolute Gasteiger partial charge is 0.508 e. The van der Waals surface area contributed by atoms with Crippen molar-refractivity contribution in [1.29, 1.82) is 0 Å². The van der Waals surface area contributed by atoms with Crippen molar-refractivity contribution in [1.82, 2.24) is 0 Å². The number of hydrogen-bond acceptors (Lipinski definition) is 8. The van der Waals surface area contributed by atoms with Crippen LogP contribution < -0.4 is 18.9 Å². The molecule has 0 saturated carbocycles. The second-order valence-electron chi connectivity index (χ2n) is 7.83. The largest absolute Gasteiger partial charge is 0.580 e. The maximum absolute atomic E-state index is 8.65. The Labute approximate surface area is 234 Å². The van der Waals surface area contributed by atoms with Gasteiger partial charge in [0, 0.05) is 6.07 Å². The molecule has 0 aliphatic rings. The lowest BCUT2D eigenvalue weighted by Crippen LogP contribution is -2.26. The molecule has 0 heterocycles. The van der Waals surface area contributed by atoms with Gasteiger partial charge in [0.1, 0.15) is 11.5 Å². The van der Waals surface area contributed by atoms with Gasteiger partial charge in [-0.2, -0.15) is 0 Å². The highest BCUT2D eigenvalue weighted by molar-refractivity contribution is 7.70. The van der Waals surface area contributed by atoms with E-state index in [1.807, 2.05) is 121 Å². The van der Waals surface area contributed by atoms with Crippen molar-refractivity contribution >= 4 is 21.9 Å². The van der Waals surface area contributed by atoms with Crippen molar-refractivity contribution < 1.29 is 38.5 Å². The first-order valence-electron chi connectivity index (χ1n) is 11.9. The van der Waals surface area contributed by atoms with Crippen molar-refractivity contribution in [3.63, 3.8) is 0 Å². The SMILES string of the molecule is OP(O)O.Oc1cccc(O)c1.c1ccc(O[P+](Oc2ccccc2)(Oc2ccccc2)c2ccccc2)cc1. The zero-order valence-corrected chi connectivity index (χ0v) is 23.0. The summed E-state index contributed by atoms with van der Waals surface area (Å²) in [6.45, 7) is 0. The first-order valence-corrected chi connectivity index (χ1v) is 14.6. The molecule has 0 spiro atoms. The van der Waals surface area contributed by atoms with Gasteiger partial charge in [-0.3, -0.25) is 13.6 Å². The zero-order valence-electron chi connectivity index (χ0n) is 21.2. The van der Waals surface area contributed by atoms with Crippen molar-refractivity contribution in [3.05, 3.63) is 146 Å². The van der Waals surface area contributed by atoms with Gasteiger partial charge >= 0.3 is 16.5 Å². The van der Waals surface area contributed by atoms with Gasteiger partial charge in [-0.05, 0) is 60.7 Å². The van der Waals surface area contributed by atoms with Crippen LogP contribution in [0.5, 0.6) is 28.7 Å². The summed E-state index contributed by atoms with van der Waals surface area (Å²) in [5.41, 5.74) is 0. The Balaban J connectivity index is 0.000000306. The minimum Gasteiger partial charge on any atom is -0.508 e. The maximum atomic E-state index is 8.65. The molecule has 5 aromatic carbocycles. The number of phenolic OH excluding ortho intramolecular Hbond substituents is 2. The average Bonchev–Trinajstić information content (AvgIpc) is 2.95. The van der Waals surface area contributed by atoms with Crippen LogP contribution in [0.25, 0.3) is 0 Å². The van der Waals surface area contributed by atoms with Gasteiger partial charge in [0.25, 0.3) is 0 Å². The number of phenols is 2. The highest BCUT2D eigenvalue weighted by atomic mass is 31.2. The molecule has 10 heteroatoms. The molecule has 0 amide bonds. The van der Waals surface area contributed by atoms with E-state index in [1.165, 1.54) is 18.2 Å². The molecule has 0 unspecified atom stereocenters. The Morgan fingerprint density at radius 3 is 1.00 bits per heavy atom. The van der Waals surface area contributed by atoms with E-state index < -0.39 is 16.5 Å². The van der Waals surface area contributed by atoms with Crippen LogP contribution in [0.15, 0.2) is 146 Å². The lowest BCUT2D eigenvalue weighted by molar-refractivity contribution is 0.367. The van der Waals surface area contributed by atoms with E-state index >= 15 is 0 Å². The summed E-state index contributed by atoms with van der Waals surface area (Å²) in [6.07, 6.45) is 0. The summed E-state index contributed by atoms with van der Waals surface area (Å²) < 4.78 is 19.4. The Bertz CT molecular complexity index is 1260.